The van der Waals surface area contributed by atoms with Gasteiger partial charge in [0, 0.05) is 6.54 Å². The van der Waals surface area contributed by atoms with E-state index >= 15 is 0 Å². The summed E-state index contributed by atoms with van der Waals surface area (Å²) in [5.41, 5.74) is 5.61. The highest BCUT2D eigenvalue weighted by molar-refractivity contribution is 7.98. The van der Waals surface area contributed by atoms with Crippen LogP contribution in [0.2, 0.25) is 0 Å². The number of hydrogen-bond acceptors (Lipinski definition) is 7. The lowest BCUT2D eigenvalue weighted by atomic mass is 10.2. The van der Waals surface area contributed by atoms with Gasteiger partial charge in [0.1, 0.15) is 0 Å². The van der Waals surface area contributed by atoms with Crippen molar-refractivity contribution in [3.63, 3.8) is 0 Å². The second kappa shape index (κ2) is 7.97. The average molecular weight is 271 g/mol. The molecule has 0 aliphatic carbocycles. The number of hydrogen-bond donors (Lipinski definition) is 2. The molecule has 1 heterocycles. The summed E-state index contributed by atoms with van der Waals surface area (Å²) >= 11 is 1.82. The number of rotatable bonds is 8. The predicted molar refractivity (Wildman–Crippen MR) is 76.1 cm³/mol. The van der Waals surface area contributed by atoms with Gasteiger partial charge in [-0.1, -0.05) is 13.8 Å². The van der Waals surface area contributed by atoms with Crippen LogP contribution >= 0.6 is 11.8 Å². The Morgan fingerprint density at radius 1 is 1.39 bits per heavy atom. The first-order chi connectivity index (χ1) is 8.65. The summed E-state index contributed by atoms with van der Waals surface area (Å²) < 4.78 is 5.34. The third kappa shape index (κ3) is 5.39. The minimum absolute atomic E-state index is 0.177. The normalized spacial score (nSPS) is 12.2. The Morgan fingerprint density at radius 3 is 2.83 bits per heavy atom. The molecule has 102 valence electrons. The Balaban J connectivity index is 2.56. The molecule has 1 unspecified atom stereocenters. The minimum Gasteiger partial charge on any atom is -0.463 e. The summed E-state index contributed by atoms with van der Waals surface area (Å²) in [6.45, 7) is 5.57. The molecule has 0 aromatic carbocycles. The average Bonchev–Trinajstić information content (AvgIpc) is 2.34. The van der Waals surface area contributed by atoms with Gasteiger partial charge < -0.3 is 15.8 Å². The molecule has 0 aliphatic rings. The lowest BCUT2D eigenvalue weighted by Gasteiger charge is -2.11. The zero-order chi connectivity index (χ0) is 13.4. The van der Waals surface area contributed by atoms with Crippen molar-refractivity contribution in [3.8, 4) is 6.01 Å². The maximum atomic E-state index is 5.61. The first-order valence-corrected chi connectivity index (χ1v) is 7.42. The fourth-order valence-corrected chi connectivity index (χ4v) is 2.00. The van der Waals surface area contributed by atoms with Gasteiger partial charge in [-0.25, -0.2) is 0 Å². The smallest absolute Gasteiger partial charge is 0.323 e. The molecule has 0 spiro atoms. The van der Waals surface area contributed by atoms with Crippen LogP contribution in [0.25, 0.3) is 0 Å². The van der Waals surface area contributed by atoms with Crippen molar-refractivity contribution in [2.24, 2.45) is 5.92 Å². The van der Waals surface area contributed by atoms with Crippen molar-refractivity contribution >= 4 is 23.7 Å². The molecule has 0 saturated heterocycles. The number of thioether (sulfide) groups is 1. The number of ether oxygens (including phenoxy) is 1. The molecular formula is C11H21N5OS. The van der Waals surface area contributed by atoms with Gasteiger partial charge in [0.2, 0.25) is 11.9 Å². The largest absolute Gasteiger partial charge is 0.463 e. The van der Waals surface area contributed by atoms with E-state index < -0.39 is 0 Å². The van der Waals surface area contributed by atoms with Gasteiger partial charge >= 0.3 is 6.01 Å². The van der Waals surface area contributed by atoms with Crippen molar-refractivity contribution in [1.29, 1.82) is 0 Å². The van der Waals surface area contributed by atoms with Crippen LogP contribution in [0.15, 0.2) is 0 Å². The van der Waals surface area contributed by atoms with Crippen molar-refractivity contribution in [2.45, 2.75) is 20.3 Å². The van der Waals surface area contributed by atoms with Gasteiger partial charge in [0.15, 0.2) is 0 Å². The topological polar surface area (TPSA) is 86.0 Å². The van der Waals surface area contributed by atoms with E-state index in [4.69, 9.17) is 10.5 Å². The number of nitrogen functional groups attached to an aromatic ring is 1. The molecule has 0 radical (unpaired) electrons. The van der Waals surface area contributed by atoms with Crippen molar-refractivity contribution in [3.05, 3.63) is 0 Å². The Kier molecular flexibility index (Phi) is 6.56. The molecule has 0 amide bonds. The number of aromatic nitrogens is 3. The van der Waals surface area contributed by atoms with Crippen LogP contribution in [0.1, 0.15) is 20.3 Å². The molecular weight excluding hydrogens is 250 g/mol. The Labute approximate surface area is 112 Å². The summed E-state index contributed by atoms with van der Waals surface area (Å²) in [6.07, 6.45) is 2.99. The fraction of sp³-hybridized carbons (Fsp3) is 0.727. The maximum Gasteiger partial charge on any atom is 0.323 e. The second-order valence-corrected chi connectivity index (χ2v) is 5.00. The number of anilines is 2. The standard InChI is InChI=1S/C11H21N5OS/c1-4-5-17-11-15-9(12)14-10(16-11)13-6-8(2)7-18-3/h8H,4-7H2,1-3H3,(H3,12,13,14,15,16). The van der Waals surface area contributed by atoms with E-state index in [0.29, 0.717) is 18.5 Å². The van der Waals surface area contributed by atoms with E-state index in [1.54, 1.807) is 0 Å². The number of nitrogens with two attached hydrogens (primary N) is 1. The molecule has 1 rings (SSSR count). The molecule has 0 fully saturated rings. The van der Waals surface area contributed by atoms with E-state index in [0.717, 1.165) is 18.7 Å². The van der Waals surface area contributed by atoms with Crippen LogP contribution in [0, 0.1) is 5.92 Å². The van der Waals surface area contributed by atoms with Gasteiger partial charge in [-0.15, -0.1) is 0 Å². The van der Waals surface area contributed by atoms with Crippen LogP contribution < -0.4 is 15.8 Å². The first-order valence-electron chi connectivity index (χ1n) is 6.02. The third-order valence-electron chi connectivity index (χ3n) is 2.13. The van der Waals surface area contributed by atoms with Crippen molar-refractivity contribution in [1.82, 2.24) is 15.0 Å². The zero-order valence-corrected chi connectivity index (χ0v) is 12.0. The fourth-order valence-electron chi connectivity index (χ4n) is 1.32. The number of nitrogens with one attached hydrogen (secondary N) is 1. The van der Waals surface area contributed by atoms with Gasteiger partial charge in [-0.05, 0) is 24.3 Å². The van der Waals surface area contributed by atoms with E-state index in [9.17, 15) is 0 Å². The Morgan fingerprint density at radius 2 is 2.17 bits per heavy atom. The molecule has 0 aliphatic heterocycles. The van der Waals surface area contributed by atoms with Crippen molar-refractivity contribution < 1.29 is 4.74 Å². The SMILES string of the molecule is CCCOc1nc(N)nc(NCC(C)CSC)n1. The molecule has 1 aromatic rings. The van der Waals surface area contributed by atoms with E-state index in [1.165, 1.54) is 0 Å². The van der Waals surface area contributed by atoms with Gasteiger partial charge in [0.05, 0.1) is 6.61 Å². The first kappa shape index (κ1) is 14.8. The Bertz CT molecular complexity index is 363. The molecule has 18 heavy (non-hydrogen) atoms. The van der Waals surface area contributed by atoms with Gasteiger partial charge in [-0.3, -0.25) is 0 Å². The van der Waals surface area contributed by atoms with Gasteiger partial charge in [0.25, 0.3) is 0 Å². The highest BCUT2D eigenvalue weighted by Gasteiger charge is 2.07. The predicted octanol–water partition coefficient (Wildman–Crippen LogP) is 1.65. The molecule has 1 aromatic heterocycles. The van der Waals surface area contributed by atoms with E-state index in [2.05, 4.69) is 33.4 Å². The van der Waals surface area contributed by atoms with E-state index in [-0.39, 0.29) is 12.0 Å². The van der Waals surface area contributed by atoms with Crippen LogP contribution in [0.3, 0.4) is 0 Å². The minimum atomic E-state index is 0.177. The zero-order valence-electron chi connectivity index (χ0n) is 11.1. The molecule has 1 atom stereocenters. The number of nitrogens with zero attached hydrogens (tertiary/aromatic N) is 3. The molecule has 6 nitrogen and oxygen atoms in total. The summed E-state index contributed by atoms with van der Waals surface area (Å²) in [7, 11) is 0. The lowest BCUT2D eigenvalue weighted by Crippen LogP contribution is -2.16. The molecule has 7 heteroatoms. The van der Waals surface area contributed by atoms with Crippen LogP contribution in [-0.2, 0) is 0 Å². The second-order valence-electron chi connectivity index (χ2n) is 4.09. The summed E-state index contributed by atoms with van der Waals surface area (Å²) in [6, 6.07) is 0.282. The highest BCUT2D eigenvalue weighted by atomic mass is 32.2. The Hall–Kier alpha value is -1.24. The maximum absolute atomic E-state index is 5.61. The van der Waals surface area contributed by atoms with Crippen LogP contribution in [0.5, 0.6) is 6.01 Å². The summed E-state index contributed by atoms with van der Waals surface area (Å²) in [5.74, 6) is 2.28. The molecule has 3 N–H and O–H groups in total. The molecule has 0 saturated carbocycles. The van der Waals surface area contributed by atoms with Crippen molar-refractivity contribution in [2.75, 3.05) is 36.2 Å². The lowest BCUT2D eigenvalue weighted by molar-refractivity contribution is 0.292. The summed E-state index contributed by atoms with van der Waals surface area (Å²) in [4.78, 5) is 12.1. The van der Waals surface area contributed by atoms with Gasteiger partial charge in [-0.2, -0.15) is 26.7 Å². The monoisotopic (exact) mass is 271 g/mol. The molecule has 0 bridgehead atoms. The van der Waals surface area contributed by atoms with Crippen LogP contribution in [0.4, 0.5) is 11.9 Å². The van der Waals surface area contributed by atoms with Crippen LogP contribution in [-0.4, -0.2) is 40.1 Å². The third-order valence-corrected chi connectivity index (χ3v) is 3.03. The quantitative estimate of drug-likeness (QED) is 0.743. The van der Waals surface area contributed by atoms with E-state index in [1.807, 2.05) is 18.7 Å². The highest BCUT2D eigenvalue weighted by Crippen LogP contribution is 2.11. The summed E-state index contributed by atoms with van der Waals surface area (Å²) in [5, 5.41) is 3.15.